The van der Waals surface area contributed by atoms with Crippen molar-refractivity contribution in [2.75, 3.05) is 6.61 Å². The number of rotatable bonds is 3. The lowest BCUT2D eigenvalue weighted by atomic mass is 10.0. The molecule has 0 bridgehead atoms. The van der Waals surface area contributed by atoms with E-state index in [0.717, 1.165) is 16.1 Å². The standard InChI is InChI=1S/C10H14ClNO/c1-7-2-3-8(6-9(7)11)10(12)4-5-13/h2-3,6,10,13H,4-5,12H2,1H3/t10-/m0/s1. The van der Waals surface area contributed by atoms with E-state index in [9.17, 15) is 0 Å². The van der Waals surface area contributed by atoms with Crippen molar-refractivity contribution in [3.8, 4) is 0 Å². The van der Waals surface area contributed by atoms with Crippen LogP contribution in [-0.2, 0) is 0 Å². The van der Waals surface area contributed by atoms with E-state index in [1.54, 1.807) is 0 Å². The Labute approximate surface area is 83.3 Å². The predicted octanol–water partition coefficient (Wildman–Crippen LogP) is 2.03. The Hall–Kier alpha value is -0.570. The molecule has 1 rings (SSSR count). The van der Waals surface area contributed by atoms with E-state index in [1.165, 1.54) is 0 Å². The quantitative estimate of drug-likeness (QED) is 0.783. The summed E-state index contributed by atoms with van der Waals surface area (Å²) in [7, 11) is 0. The first-order valence-electron chi connectivity index (χ1n) is 4.27. The maximum Gasteiger partial charge on any atom is 0.0449 e. The smallest absolute Gasteiger partial charge is 0.0449 e. The highest BCUT2D eigenvalue weighted by Crippen LogP contribution is 2.21. The van der Waals surface area contributed by atoms with Crippen LogP contribution >= 0.6 is 11.6 Å². The molecular formula is C10H14ClNO. The second-order valence-corrected chi connectivity index (χ2v) is 3.53. The van der Waals surface area contributed by atoms with Crippen molar-refractivity contribution in [1.29, 1.82) is 0 Å². The Morgan fingerprint density at radius 3 is 2.77 bits per heavy atom. The predicted molar refractivity (Wildman–Crippen MR) is 54.8 cm³/mol. The Bertz CT molecular complexity index is 288. The van der Waals surface area contributed by atoms with Crippen LogP contribution in [0.15, 0.2) is 18.2 Å². The summed E-state index contributed by atoms with van der Waals surface area (Å²) < 4.78 is 0. The highest BCUT2D eigenvalue weighted by molar-refractivity contribution is 6.31. The number of hydrogen-bond donors (Lipinski definition) is 2. The fourth-order valence-electron chi connectivity index (χ4n) is 1.15. The zero-order chi connectivity index (χ0) is 9.84. The normalized spacial score (nSPS) is 12.9. The van der Waals surface area contributed by atoms with Crippen molar-refractivity contribution in [3.05, 3.63) is 34.3 Å². The molecule has 0 unspecified atom stereocenters. The number of aliphatic hydroxyl groups is 1. The van der Waals surface area contributed by atoms with E-state index >= 15 is 0 Å². The summed E-state index contributed by atoms with van der Waals surface area (Å²) >= 11 is 5.94. The van der Waals surface area contributed by atoms with Crippen LogP contribution in [0.5, 0.6) is 0 Å². The molecule has 0 amide bonds. The lowest BCUT2D eigenvalue weighted by Gasteiger charge is -2.11. The molecule has 0 aliphatic heterocycles. The number of aryl methyl sites for hydroxylation is 1. The van der Waals surface area contributed by atoms with Gasteiger partial charge >= 0.3 is 0 Å². The third-order valence-electron chi connectivity index (χ3n) is 2.06. The third kappa shape index (κ3) is 2.69. The van der Waals surface area contributed by atoms with Gasteiger partial charge in [0.25, 0.3) is 0 Å². The van der Waals surface area contributed by atoms with E-state index in [0.29, 0.717) is 6.42 Å². The highest BCUT2D eigenvalue weighted by Gasteiger charge is 2.06. The minimum atomic E-state index is -0.122. The van der Waals surface area contributed by atoms with Crippen molar-refractivity contribution in [3.63, 3.8) is 0 Å². The molecule has 2 nitrogen and oxygen atoms in total. The minimum absolute atomic E-state index is 0.104. The van der Waals surface area contributed by atoms with Crippen molar-refractivity contribution in [2.45, 2.75) is 19.4 Å². The van der Waals surface area contributed by atoms with Gasteiger partial charge in [-0.3, -0.25) is 0 Å². The van der Waals surface area contributed by atoms with Crippen LogP contribution < -0.4 is 5.73 Å². The van der Waals surface area contributed by atoms with Crippen LogP contribution in [0.1, 0.15) is 23.6 Å². The van der Waals surface area contributed by atoms with E-state index in [1.807, 2.05) is 25.1 Å². The van der Waals surface area contributed by atoms with E-state index in [4.69, 9.17) is 22.4 Å². The molecule has 0 aliphatic rings. The Morgan fingerprint density at radius 1 is 1.54 bits per heavy atom. The number of hydrogen-bond acceptors (Lipinski definition) is 2. The van der Waals surface area contributed by atoms with E-state index in [2.05, 4.69) is 0 Å². The molecule has 0 aromatic heterocycles. The van der Waals surface area contributed by atoms with E-state index in [-0.39, 0.29) is 12.6 Å². The molecule has 0 spiro atoms. The molecule has 0 radical (unpaired) electrons. The lowest BCUT2D eigenvalue weighted by molar-refractivity contribution is 0.276. The van der Waals surface area contributed by atoms with Gasteiger partial charge in [-0.2, -0.15) is 0 Å². The summed E-state index contributed by atoms with van der Waals surface area (Å²) in [6, 6.07) is 5.62. The summed E-state index contributed by atoms with van der Waals surface area (Å²) in [6.07, 6.45) is 0.569. The minimum Gasteiger partial charge on any atom is -0.396 e. The second kappa shape index (κ2) is 4.61. The Balaban J connectivity index is 2.84. The van der Waals surface area contributed by atoms with Gasteiger partial charge in [0, 0.05) is 17.7 Å². The van der Waals surface area contributed by atoms with E-state index < -0.39 is 0 Å². The average Bonchev–Trinajstić information content (AvgIpc) is 2.10. The summed E-state index contributed by atoms with van der Waals surface area (Å²) in [5.74, 6) is 0. The summed E-state index contributed by atoms with van der Waals surface area (Å²) in [4.78, 5) is 0. The van der Waals surface area contributed by atoms with Gasteiger partial charge in [0.2, 0.25) is 0 Å². The van der Waals surface area contributed by atoms with Crippen LogP contribution in [0.3, 0.4) is 0 Å². The van der Waals surface area contributed by atoms with Crippen LogP contribution in [0.4, 0.5) is 0 Å². The number of halogens is 1. The molecule has 0 fully saturated rings. The molecule has 72 valence electrons. The van der Waals surface area contributed by atoms with Crippen molar-refractivity contribution in [1.82, 2.24) is 0 Å². The molecule has 13 heavy (non-hydrogen) atoms. The molecule has 0 saturated carbocycles. The maximum absolute atomic E-state index is 8.71. The van der Waals surface area contributed by atoms with Gasteiger partial charge in [-0.25, -0.2) is 0 Å². The van der Waals surface area contributed by atoms with Crippen molar-refractivity contribution in [2.24, 2.45) is 5.73 Å². The molecule has 3 heteroatoms. The van der Waals surface area contributed by atoms with Gasteiger partial charge in [-0.15, -0.1) is 0 Å². The summed E-state index contributed by atoms with van der Waals surface area (Å²) in [6.45, 7) is 2.05. The first-order valence-corrected chi connectivity index (χ1v) is 4.65. The molecular weight excluding hydrogens is 186 g/mol. The number of benzene rings is 1. The molecule has 1 atom stereocenters. The molecule has 0 aliphatic carbocycles. The Morgan fingerprint density at radius 2 is 2.23 bits per heavy atom. The van der Waals surface area contributed by atoms with Gasteiger partial charge in [0.15, 0.2) is 0 Å². The second-order valence-electron chi connectivity index (χ2n) is 3.13. The molecule has 3 N–H and O–H groups in total. The zero-order valence-electron chi connectivity index (χ0n) is 7.63. The van der Waals surface area contributed by atoms with Crippen LogP contribution in [0, 0.1) is 6.92 Å². The summed E-state index contributed by atoms with van der Waals surface area (Å²) in [5.41, 5.74) is 7.83. The van der Waals surface area contributed by atoms with Crippen molar-refractivity contribution < 1.29 is 5.11 Å². The number of nitrogens with two attached hydrogens (primary N) is 1. The van der Waals surface area contributed by atoms with Crippen LogP contribution in [0.25, 0.3) is 0 Å². The SMILES string of the molecule is Cc1ccc([C@@H](N)CCO)cc1Cl. The molecule has 1 aromatic rings. The monoisotopic (exact) mass is 199 g/mol. The van der Waals surface area contributed by atoms with Crippen LogP contribution in [0.2, 0.25) is 5.02 Å². The van der Waals surface area contributed by atoms with Crippen LogP contribution in [-0.4, -0.2) is 11.7 Å². The zero-order valence-corrected chi connectivity index (χ0v) is 8.38. The first-order chi connectivity index (χ1) is 6.15. The topological polar surface area (TPSA) is 46.2 Å². The fraction of sp³-hybridized carbons (Fsp3) is 0.400. The van der Waals surface area contributed by atoms with Gasteiger partial charge in [0.05, 0.1) is 0 Å². The van der Waals surface area contributed by atoms with Crippen molar-refractivity contribution >= 4 is 11.6 Å². The van der Waals surface area contributed by atoms with Gasteiger partial charge in [-0.05, 0) is 30.5 Å². The first kappa shape index (κ1) is 10.5. The van der Waals surface area contributed by atoms with Gasteiger partial charge in [-0.1, -0.05) is 23.7 Å². The lowest BCUT2D eigenvalue weighted by Crippen LogP contribution is -2.11. The average molecular weight is 200 g/mol. The summed E-state index contributed by atoms with van der Waals surface area (Å²) in [5, 5.41) is 9.44. The fourth-order valence-corrected chi connectivity index (χ4v) is 1.33. The number of aliphatic hydroxyl groups excluding tert-OH is 1. The highest BCUT2D eigenvalue weighted by atomic mass is 35.5. The molecule has 1 aromatic carbocycles. The van der Waals surface area contributed by atoms with Gasteiger partial charge in [0.1, 0.15) is 0 Å². The molecule has 0 saturated heterocycles. The largest absolute Gasteiger partial charge is 0.396 e. The molecule has 0 heterocycles. The third-order valence-corrected chi connectivity index (χ3v) is 2.47. The van der Waals surface area contributed by atoms with Gasteiger partial charge < -0.3 is 10.8 Å². The maximum atomic E-state index is 8.71. The Kier molecular flexibility index (Phi) is 3.72.